The van der Waals surface area contributed by atoms with Crippen LogP contribution in [0.5, 0.6) is 0 Å². The number of H-pyrrole nitrogens is 1. The van der Waals surface area contributed by atoms with Crippen LogP contribution in [0.1, 0.15) is 20.3 Å². The van der Waals surface area contributed by atoms with Gasteiger partial charge in [0.25, 0.3) is 0 Å². The molecule has 3 N–H and O–H groups in total. The molecule has 0 unspecified atom stereocenters. The zero-order valence-electron chi connectivity index (χ0n) is 12.5. The number of aliphatic hydroxyl groups is 1. The van der Waals surface area contributed by atoms with Crippen molar-refractivity contribution >= 4 is 17.0 Å². The normalized spacial score (nSPS) is 33.2. The summed E-state index contributed by atoms with van der Waals surface area (Å²) in [6.45, 7) is 3.88. The van der Waals surface area contributed by atoms with E-state index in [9.17, 15) is 5.11 Å². The molecule has 4 rings (SSSR count). The number of nitrogens with one attached hydrogen (secondary N) is 2. The first kappa shape index (κ1) is 13.9. The Labute approximate surface area is 127 Å². The van der Waals surface area contributed by atoms with Gasteiger partial charge in [0.2, 0.25) is 0 Å². The predicted molar refractivity (Wildman–Crippen MR) is 78.1 cm³/mol. The molecule has 22 heavy (non-hydrogen) atoms. The quantitative estimate of drug-likeness (QED) is 0.765. The summed E-state index contributed by atoms with van der Waals surface area (Å²) < 4.78 is 12.0. The maximum absolute atomic E-state index is 9.60. The van der Waals surface area contributed by atoms with E-state index in [1.807, 2.05) is 13.8 Å². The third-order valence-corrected chi connectivity index (χ3v) is 4.36. The fraction of sp³-hybridized carbons (Fsp3) is 0.643. The number of rotatable bonds is 3. The Morgan fingerprint density at radius 1 is 1.32 bits per heavy atom. The smallest absolute Gasteiger partial charge is 0.163 e. The number of fused-ring (bicyclic) bond motifs is 2. The van der Waals surface area contributed by atoms with E-state index in [1.54, 1.807) is 6.33 Å². The van der Waals surface area contributed by atoms with E-state index in [4.69, 9.17) is 9.47 Å². The van der Waals surface area contributed by atoms with Gasteiger partial charge in [-0.05, 0) is 20.3 Å². The maximum Gasteiger partial charge on any atom is 0.163 e. The van der Waals surface area contributed by atoms with Crippen LogP contribution in [-0.2, 0) is 9.47 Å². The van der Waals surface area contributed by atoms with Gasteiger partial charge in [-0.15, -0.1) is 0 Å². The molecule has 1 aliphatic carbocycles. The summed E-state index contributed by atoms with van der Waals surface area (Å²) in [5.74, 6) is 0.0962. The lowest BCUT2D eigenvalue weighted by atomic mass is 10.1. The fourth-order valence-electron chi connectivity index (χ4n) is 3.45. The number of ether oxygens (including phenoxy) is 2. The van der Waals surface area contributed by atoms with Gasteiger partial charge in [0, 0.05) is 12.5 Å². The first-order chi connectivity index (χ1) is 10.6. The van der Waals surface area contributed by atoms with Crippen LogP contribution >= 0.6 is 0 Å². The number of hydrogen-bond donors (Lipinski definition) is 3. The van der Waals surface area contributed by atoms with Gasteiger partial charge in [-0.1, -0.05) is 0 Å². The highest BCUT2D eigenvalue weighted by molar-refractivity contribution is 5.82. The zero-order chi connectivity index (χ0) is 15.3. The molecule has 0 bridgehead atoms. The molecule has 3 heterocycles. The molecule has 2 aliphatic rings. The SMILES string of the molecule is CC1(C)O[C@@H]2[C@@H](CO)C[C@@H](Nc3ncnc4[nH]cnc34)[C@@H]2O1. The summed E-state index contributed by atoms with van der Waals surface area (Å²) in [6.07, 6.45) is 3.63. The minimum atomic E-state index is -0.629. The van der Waals surface area contributed by atoms with Crippen molar-refractivity contribution in [1.82, 2.24) is 19.9 Å². The van der Waals surface area contributed by atoms with Crippen molar-refractivity contribution in [3.05, 3.63) is 12.7 Å². The van der Waals surface area contributed by atoms with Crippen molar-refractivity contribution in [2.45, 2.75) is 44.3 Å². The van der Waals surface area contributed by atoms with E-state index >= 15 is 0 Å². The molecule has 0 radical (unpaired) electrons. The van der Waals surface area contributed by atoms with E-state index in [0.29, 0.717) is 17.0 Å². The van der Waals surface area contributed by atoms with Crippen LogP contribution in [0, 0.1) is 5.92 Å². The Kier molecular flexibility index (Phi) is 3.07. The molecule has 2 aromatic rings. The van der Waals surface area contributed by atoms with Crippen LogP contribution in [0.2, 0.25) is 0 Å². The number of anilines is 1. The van der Waals surface area contributed by atoms with Crippen LogP contribution in [0.3, 0.4) is 0 Å². The third kappa shape index (κ3) is 2.15. The van der Waals surface area contributed by atoms with Gasteiger partial charge in [0.15, 0.2) is 17.3 Å². The predicted octanol–water partition coefficient (Wildman–Crippen LogP) is 0.666. The molecular formula is C14H19N5O3. The Balaban J connectivity index is 1.61. The van der Waals surface area contributed by atoms with Gasteiger partial charge in [-0.25, -0.2) is 15.0 Å². The van der Waals surface area contributed by atoms with Crippen molar-refractivity contribution < 1.29 is 14.6 Å². The molecule has 1 saturated heterocycles. The average molecular weight is 305 g/mol. The highest BCUT2D eigenvalue weighted by atomic mass is 16.8. The first-order valence-electron chi connectivity index (χ1n) is 7.44. The van der Waals surface area contributed by atoms with Crippen molar-refractivity contribution in [3.8, 4) is 0 Å². The first-order valence-corrected chi connectivity index (χ1v) is 7.44. The van der Waals surface area contributed by atoms with Crippen LogP contribution in [-0.4, -0.2) is 55.7 Å². The minimum Gasteiger partial charge on any atom is -0.396 e. The highest BCUT2D eigenvalue weighted by Gasteiger charge is 2.53. The summed E-state index contributed by atoms with van der Waals surface area (Å²) in [6, 6.07) is 0.0127. The van der Waals surface area contributed by atoms with Gasteiger partial charge in [-0.2, -0.15) is 0 Å². The van der Waals surface area contributed by atoms with E-state index in [-0.39, 0.29) is 30.8 Å². The van der Waals surface area contributed by atoms with Crippen LogP contribution in [0.15, 0.2) is 12.7 Å². The van der Waals surface area contributed by atoms with Crippen molar-refractivity contribution in [1.29, 1.82) is 0 Å². The highest BCUT2D eigenvalue weighted by Crippen LogP contribution is 2.42. The number of aliphatic hydroxyl groups excluding tert-OH is 1. The number of hydrogen-bond acceptors (Lipinski definition) is 7. The lowest BCUT2D eigenvalue weighted by Gasteiger charge is -2.23. The molecular weight excluding hydrogens is 286 g/mol. The number of aromatic amines is 1. The third-order valence-electron chi connectivity index (χ3n) is 4.36. The second-order valence-electron chi connectivity index (χ2n) is 6.32. The van der Waals surface area contributed by atoms with Crippen molar-refractivity contribution in [2.24, 2.45) is 5.92 Å². The zero-order valence-corrected chi connectivity index (χ0v) is 12.5. The van der Waals surface area contributed by atoms with Crippen LogP contribution in [0.4, 0.5) is 5.82 Å². The van der Waals surface area contributed by atoms with Gasteiger partial charge in [0.05, 0.1) is 18.5 Å². The summed E-state index contributed by atoms with van der Waals surface area (Å²) >= 11 is 0. The molecule has 0 amide bonds. The molecule has 1 aliphatic heterocycles. The maximum atomic E-state index is 9.60. The minimum absolute atomic E-state index is 0.0127. The lowest BCUT2D eigenvalue weighted by molar-refractivity contribution is -0.158. The van der Waals surface area contributed by atoms with Crippen LogP contribution < -0.4 is 5.32 Å². The van der Waals surface area contributed by atoms with E-state index in [2.05, 4.69) is 25.3 Å². The Morgan fingerprint density at radius 2 is 2.14 bits per heavy atom. The van der Waals surface area contributed by atoms with E-state index in [1.165, 1.54) is 6.33 Å². The second-order valence-corrected chi connectivity index (χ2v) is 6.32. The van der Waals surface area contributed by atoms with Gasteiger partial charge in [0.1, 0.15) is 17.9 Å². The Bertz CT molecular complexity index is 688. The van der Waals surface area contributed by atoms with Gasteiger partial charge >= 0.3 is 0 Å². The van der Waals surface area contributed by atoms with Gasteiger partial charge < -0.3 is 24.9 Å². The summed E-state index contributed by atoms with van der Waals surface area (Å²) in [4.78, 5) is 15.6. The lowest BCUT2D eigenvalue weighted by Crippen LogP contribution is -2.34. The Hall–Kier alpha value is -1.77. The molecule has 2 fully saturated rings. The summed E-state index contributed by atoms with van der Waals surface area (Å²) in [5, 5.41) is 13.0. The van der Waals surface area contributed by atoms with E-state index in [0.717, 1.165) is 6.42 Å². The topological polar surface area (TPSA) is 105 Å². The molecule has 8 heteroatoms. The number of imidazole rings is 1. The average Bonchev–Trinajstić information content (AvgIpc) is 3.13. The largest absolute Gasteiger partial charge is 0.396 e. The standard InChI is InChI=1S/C14H19N5O3/c1-14(2)21-10-7(4-20)3-8(11(10)22-14)19-13-9-12(16-5-15-9)17-6-18-13/h5-8,10-11,20H,3-4H2,1-2H3,(H2,15,16,17,18,19)/t7-,8-,10-,11+/m1/s1. The molecule has 4 atom stereocenters. The van der Waals surface area contributed by atoms with Gasteiger partial charge in [-0.3, -0.25) is 0 Å². The van der Waals surface area contributed by atoms with Crippen molar-refractivity contribution in [3.63, 3.8) is 0 Å². The van der Waals surface area contributed by atoms with Crippen LogP contribution in [0.25, 0.3) is 11.2 Å². The molecule has 0 spiro atoms. The number of aromatic nitrogens is 4. The fourth-order valence-corrected chi connectivity index (χ4v) is 3.45. The molecule has 0 aromatic carbocycles. The second kappa shape index (κ2) is 4.87. The molecule has 1 saturated carbocycles. The summed E-state index contributed by atoms with van der Waals surface area (Å²) in [7, 11) is 0. The molecule has 118 valence electrons. The van der Waals surface area contributed by atoms with Crippen molar-refractivity contribution in [2.75, 3.05) is 11.9 Å². The Morgan fingerprint density at radius 3 is 2.95 bits per heavy atom. The monoisotopic (exact) mass is 305 g/mol. The van der Waals surface area contributed by atoms with E-state index < -0.39 is 5.79 Å². The summed E-state index contributed by atoms with van der Waals surface area (Å²) in [5.41, 5.74) is 1.39. The molecule has 8 nitrogen and oxygen atoms in total. The molecule has 2 aromatic heterocycles. The number of nitrogens with zero attached hydrogens (tertiary/aromatic N) is 3.